The molecule has 30 heavy (non-hydrogen) atoms. The van der Waals surface area contributed by atoms with Gasteiger partial charge in [-0.1, -0.05) is 6.07 Å². The molecule has 0 bridgehead atoms. The third-order valence-corrected chi connectivity index (χ3v) is 8.17. The van der Waals surface area contributed by atoms with E-state index in [0.717, 1.165) is 11.1 Å². The maximum atomic E-state index is 13.1. The molecule has 0 radical (unpaired) electrons. The number of nitro groups is 1. The van der Waals surface area contributed by atoms with Crippen LogP contribution in [0.5, 0.6) is 5.75 Å². The summed E-state index contributed by atoms with van der Waals surface area (Å²) in [6, 6.07) is 4.65. The number of rotatable bonds is 6. The van der Waals surface area contributed by atoms with Gasteiger partial charge in [0.05, 0.1) is 23.3 Å². The van der Waals surface area contributed by atoms with Crippen molar-refractivity contribution in [2.75, 3.05) is 26.5 Å². The van der Waals surface area contributed by atoms with Gasteiger partial charge in [-0.15, -0.1) is 0 Å². The Morgan fingerprint density at radius 2 is 2.00 bits per heavy atom. The maximum Gasteiger partial charge on any atom is 0.258 e. The number of ether oxygens (including phenoxy) is 1. The normalized spacial score (nSPS) is 23.4. The Morgan fingerprint density at radius 3 is 2.53 bits per heavy atom. The molecule has 2 aliphatic rings. The van der Waals surface area contributed by atoms with Crippen LogP contribution in [0.3, 0.4) is 0 Å². The van der Waals surface area contributed by atoms with E-state index in [1.165, 1.54) is 6.26 Å². The fraction of sp³-hybridized carbons (Fsp3) is 0.600. The van der Waals surface area contributed by atoms with Crippen molar-refractivity contribution in [3.8, 4) is 5.75 Å². The summed E-state index contributed by atoms with van der Waals surface area (Å²) < 4.78 is 22.3. The van der Waals surface area contributed by atoms with Crippen LogP contribution in [0.4, 0.5) is 0 Å². The van der Waals surface area contributed by atoms with Gasteiger partial charge < -0.3 is 9.64 Å². The van der Waals surface area contributed by atoms with Crippen LogP contribution in [0, 0.1) is 23.0 Å². The summed E-state index contributed by atoms with van der Waals surface area (Å²) in [7, 11) is -1.18. The third-order valence-electron chi connectivity index (χ3n) is 5.89. The van der Waals surface area contributed by atoms with Crippen LogP contribution in [0.1, 0.15) is 30.4 Å². The van der Waals surface area contributed by atoms with Gasteiger partial charge in [0.25, 0.3) is 5.91 Å². The second-order valence-electron chi connectivity index (χ2n) is 8.03. The van der Waals surface area contributed by atoms with Gasteiger partial charge in [0, 0.05) is 35.9 Å². The molecule has 10 heteroatoms. The minimum atomic E-state index is -2.75. The number of aryl methyl sites for hydroxylation is 1. The Morgan fingerprint density at radius 1 is 1.33 bits per heavy atom. The van der Waals surface area contributed by atoms with Crippen LogP contribution in [0.2, 0.25) is 0 Å². The second-order valence-corrected chi connectivity index (χ2v) is 10.6. The van der Waals surface area contributed by atoms with Crippen LogP contribution >= 0.6 is 0 Å². The number of nitrogens with zero attached hydrogens (tertiary/aromatic N) is 3. The zero-order valence-corrected chi connectivity index (χ0v) is 18.2. The van der Waals surface area contributed by atoms with Crippen LogP contribution in [0.15, 0.2) is 22.6 Å². The highest BCUT2D eigenvalue weighted by molar-refractivity contribution is 7.93. The van der Waals surface area contributed by atoms with E-state index in [9.17, 15) is 23.9 Å². The van der Waals surface area contributed by atoms with Crippen LogP contribution in [0.25, 0.3) is 0 Å². The van der Waals surface area contributed by atoms with Crippen molar-refractivity contribution in [3.05, 3.63) is 39.4 Å². The smallest absolute Gasteiger partial charge is 0.258 e. The van der Waals surface area contributed by atoms with E-state index >= 15 is 0 Å². The number of benzene rings is 1. The Labute approximate surface area is 176 Å². The van der Waals surface area contributed by atoms with Crippen molar-refractivity contribution in [2.45, 2.75) is 43.9 Å². The lowest BCUT2D eigenvalue weighted by molar-refractivity contribution is -0.497. The van der Waals surface area contributed by atoms with E-state index < -0.39 is 32.5 Å². The Kier molecular flexibility index (Phi) is 6.44. The van der Waals surface area contributed by atoms with Gasteiger partial charge in [0.1, 0.15) is 11.7 Å². The van der Waals surface area contributed by atoms with Crippen molar-refractivity contribution < 1.29 is 23.5 Å². The van der Waals surface area contributed by atoms with Gasteiger partial charge >= 0.3 is 0 Å². The molecule has 1 aliphatic heterocycles. The summed E-state index contributed by atoms with van der Waals surface area (Å²) in [4.78, 5) is 36.8. The molecule has 2 amide bonds. The Bertz CT molecular complexity index is 977. The van der Waals surface area contributed by atoms with Gasteiger partial charge in [0.15, 0.2) is 0 Å². The molecular weight excluding hydrogens is 410 g/mol. The average molecular weight is 438 g/mol. The first-order chi connectivity index (χ1) is 14.1. The van der Waals surface area contributed by atoms with E-state index in [0.29, 0.717) is 38.1 Å². The molecule has 1 heterocycles. The largest absolute Gasteiger partial charge is 0.497 e. The topological polar surface area (TPSA) is 119 Å². The molecule has 9 nitrogen and oxygen atoms in total. The molecule has 0 spiro atoms. The first-order valence-corrected chi connectivity index (χ1v) is 11.9. The van der Waals surface area contributed by atoms with Crippen LogP contribution in [-0.2, 0) is 25.7 Å². The summed E-state index contributed by atoms with van der Waals surface area (Å²) >= 11 is 0. The summed E-state index contributed by atoms with van der Waals surface area (Å²) in [5.41, 5.74) is 1.71. The number of hydrogen-bond acceptors (Lipinski definition) is 6. The molecule has 1 aromatic rings. The standard InChI is InChI=1S/C20H27N3O6S/c1-13-10-15(29-2)5-4-14(13)11-19(24)21-30(3,28)16-6-8-22(9-7-16)20(25)17-12-18(17)23(26)27/h4-5,10,16-18H,6-9,11-12H2,1-3H3/t17-,18-,30?/m1/s1. The van der Waals surface area contributed by atoms with Gasteiger partial charge in [-0.25, -0.2) is 4.21 Å². The van der Waals surface area contributed by atoms with Crippen molar-refractivity contribution in [3.63, 3.8) is 0 Å². The van der Waals surface area contributed by atoms with Gasteiger partial charge in [-0.05, 0) is 43.0 Å². The van der Waals surface area contributed by atoms with E-state index in [1.807, 2.05) is 13.0 Å². The first-order valence-electron chi connectivity index (χ1n) is 9.92. The summed E-state index contributed by atoms with van der Waals surface area (Å²) in [6.07, 6.45) is 2.80. The molecule has 1 saturated heterocycles. The SMILES string of the molecule is COc1ccc(CC(=O)N=S(C)(=O)C2CCN(C(=O)[C@@H]3C[C@H]3[N+](=O)[O-])CC2)c(C)c1. The molecule has 1 unspecified atom stereocenters. The minimum Gasteiger partial charge on any atom is -0.497 e. The van der Waals surface area contributed by atoms with E-state index in [-0.39, 0.29) is 17.6 Å². The predicted molar refractivity (Wildman–Crippen MR) is 111 cm³/mol. The molecule has 2 fully saturated rings. The van der Waals surface area contributed by atoms with Gasteiger partial charge in [0.2, 0.25) is 11.9 Å². The zero-order valence-electron chi connectivity index (χ0n) is 17.4. The maximum absolute atomic E-state index is 13.1. The fourth-order valence-corrected chi connectivity index (χ4v) is 5.60. The number of carbonyl (C=O) groups excluding carboxylic acids is 2. The molecule has 3 atom stereocenters. The monoisotopic (exact) mass is 437 g/mol. The lowest BCUT2D eigenvalue weighted by atomic mass is 10.1. The van der Waals surface area contributed by atoms with Crippen molar-refractivity contribution in [1.82, 2.24) is 4.90 Å². The molecule has 1 aliphatic carbocycles. The minimum absolute atomic E-state index is 0.0714. The number of likely N-dealkylation sites (tertiary alicyclic amines) is 1. The van der Waals surface area contributed by atoms with Crippen molar-refractivity contribution >= 4 is 21.5 Å². The van der Waals surface area contributed by atoms with E-state index in [4.69, 9.17) is 4.74 Å². The van der Waals surface area contributed by atoms with Crippen molar-refractivity contribution in [2.24, 2.45) is 10.3 Å². The third kappa shape index (κ3) is 4.97. The van der Waals surface area contributed by atoms with Crippen LogP contribution in [-0.4, -0.2) is 63.6 Å². The van der Waals surface area contributed by atoms with Gasteiger partial charge in [-0.3, -0.25) is 19.7 Å². The summed E-state index contributed by atoms with van der Waals surface area (Å²) in [5.74, 6) is -0.444. The van der Waals surface area contributed by atoms with Crippen molar-refractivity contribution in [1.29, 1.82) is 0 Å². The molecule has 0 aromatic heterocycles. The average Bonchev–Trinajstić information content (AvgIpc) is 3.50. The summed E-state index contributed by atoms with van der Waals surface area (Å²) in [6.45, 7) is 2.65. The highest BCUT2D eigenvalue weighted by Gasteiger charge is 2.54. The van der Waals surface area contributed by atoms with Gasteiger partial charge in [-0.2, -0.15) is 4.36 Å². The Balaban J connectivity index is 1.58. The highest BCUT2D eigenvalue weighted by Crippen LogP contribution is 2.35. The molecule has 1 saturated carbocycles. The fourth-order valence-electron chi connectivity index (χ4n) is 3.89. The number of piperidine rings is 1. The Hall–Kier alpha value is -2.49. The van der Waals surface area contributed by atoms with E-state index in [1.54, 1.807) is 24.1 Å². The van der Waals surface area contributed by atoms with Crippen LogP contribution < -0.4 is 4.74 Å². The zero-order chi connectivity index (χ0) is 22.1. The number of methoxy groups -OCH3 is 1. The lowest BCUT2D eigenvalue weighted by Crippen LogP contribution is -2.43. The number of amides is 2. The number of carbonyl (C=O) groups is 2. The summed E-state index contributed by atoms with van der Waals surface area (Å²) in [5, 5.41) is 10.5. The first kappa shape index (κ1) is 22.2. The molecule has 164 valence electrons. The number of hydrogen-bond donors (Lipinski definition) is 0. The molecule has 0 N–H and O–H groups in total. The predicted octanol–water partition coefficient (Wildman–Crippen LogP) is 1.83. The quantitative estimate of drug-likeness (QED) is 0.495. The molecular formula is C20H27N3O6S. The molecule has 1 aromatic carbocycles. The highest BCUT2D eigenvalue weighted by atomic mass is 32.2. The second kappa shape index (κ2) is 8.71. The molecule has 3 rings (SSSR count). The van der Waals surface area contributed by atoms with E-state index in [2.05, 4.69) is 4.36 Å². The lowest BCUT2D eigenvalue weighted by Gasteiger charge is -2.32.